The molecular weight excluding hydrogens is 228 g/mol. The van der Waals surface area contributed by atoms with Crippen LogP contribution in [0.15, 0.2) is 24.3 Å². The Morgan fingerprint density at radius 3 is 2.56 bits per heavy atom. The van der Waals surface area contributed by atoms with Gasteiger partial charge in [-0.15, -0.1) is 10.2 Å². The third-order valence-electron chi connectivity index (χ3n) is 2.60. The minimum atomic E-state index is 0.0480. The molecule has 1 aromatic carbocycles. The maximum Gasteiger partial charge on any atom is 0.212 e. The molecule has 1 heterocycles. The van der Waals surface area contributed by atoms with E-state index in [9.17, 15) is 0 Å². The van der Waals surface area contributed by atoms with Crippen molar-refractivity contribution in [2.75, 3.05) is 0 Å². The van der Waals surface area contributed by atoms with Gasteiger partial charge in [0.05, 0.1) is 7.05 Å². The molecule has 0 unspecified atom stereocenters. The second-order valence-electron chi connectivity index (χ2n) is 5.23. The molecule has 5 heteroatoms. The van der Waals surface area contributed by atoms with Gasteiger partial charge in [-0.05, 0) is 22.3 Å². The molecule has 0 radical (unpaired) electrons. The first-order valence-corrected chi connectivity index (χ1v) is 5.92. The zero-order valence-electron chi connectivity index (χ0n) is 11.2. The van der Waals surface area contributed by atoms with E-state index in [0.29, 0.717) is 12.4 Å². The van der Waals surface area contributed by atoms with Gasteiger partial charge in [0, 0.05) is 0 Å². The molecule has 0 aliphatic heterocycles. The number of rotatable bonds is 3. The molecule has 0 aliphatic carbocycles. The van der Waals surface area contributed by atoms with E-state index in [1.807, 2.05) is 18.2 Å². The number of hydrogen-bond acceptors (Lipinski definition) is 4. The fourth-order valence-corrected chi connectivity index (χ4v) is 1.74. The number of aryl methyl sites for hydroxylation is 1. The molecule has 0 saturated carbocycles. The topological polar surface area (TPSA) is 52.8 Å². The lowest BCUT2D eigenvalue weighted by Gasteiger charge is -2.22. The van der Waals surface area contributed by atoms with Crippen molar-refractivity contribution in [1.82, 2.24) is 20.2 Å². The van der Waals surface area contributed by atoms with Crippen LogP contribution >= 0.6 is 0 Å². The van der Waals surface area contributed by atoms with E-state index >= 15 is 0 Å². The normalized spacial score (nSPS) is 11.6. The molecule has 0 bridgehead atoms. The summed E-state index contributed by atoms with van der Waals surface area (Å²) in [5.41, 5.74) is 1.22. The molecule has 0 saturated heterocycles. The van der Waals surface area contributed by atoms with Gasteiger partial charge in [0.2, 0.25) is 5.82 Å². The van der Waals surface area contributed by atoms with E-state index in [2.05, 4.69) is 42.2 Å². The summed E-state index contributed by atoms with van der Waals surface area (Å²) in [6, 6.07) is 8.04. The summed E-state index contributed by atoms with van der Waals surface area (Å²) >= 11 is 0. The molecule has 96 valence electrons. The Labute approximate surface area is 107 Å². The highest BCUT2D eigenvalue weighted by Crippen LogP contribution is 2.31. The van der Waals surface area contributed by atoms with Crippen LogP contribution in [0.25, 0.3) is 0 Å². The number of nitrogens with zero attached hydrogens (tertiary/aromatic N) is 4. The molecular formula is C13H18N4O. The average molecular weight is 246 g/mol. The number of tetrazole rings is 1. The molecule has 2 aromatic rings. The van der Waals surface area contributed by atoms with Crippen LogP contribution in [-0.2, 0) is 19.1 Å². The van der Waals surface area contributed by atoms with E-state index in [4.69, 9.17) is 4.74 Å². The van der Waals surface area contributed by atoms with Crippen molar-refractivity contribution in [2.24, 2.45) is 7.05 Å². The number of hydrogen-bond donors (Lipinski definition) is 0. The van der Waals surface area contributed by atoms with Crippen LogP contribution in [0.1, 0.15) is 32.2 Å². The van der Waals surface area contributed by atoms with Crippen LogP contribution < -0.4 is 4.74 Å². The van der Waals surface area contributed by atoms with Crippen LogP contribution in [0.5, 0.6) is 5.75 Å². The highest BCUT2D eigenvalue weighted by molar-refractivity contribution is 5.38. The van der Waals surface area contributed by atoms with Gasteiger partial charge in [0.25, 0.3) is 0 Å². The summed E-state index contributed by atoms with van der Waals surface area (Å²) in [4.78, 5) is 1.42. The fraction of sp³-hybridized carbons (Fsp3) is 0.462. The van der Waals surface area contributed by atoms with E-state index < -0.39 is 0 Å². The molecule has 2 rings (SSSR count). The lowest BCUT2D eigenvalue weighted by molar-refractivity contribution is 0.287. The van der Waals surface area contributed by atoms with E-state index in [-0.39, 0.29) is 5.41 Å². The first-order chi connectivity index (χ1) is 8.47. The van der Waals surface area contributed by atoms with Crippen molar-refractivity contribution in [3.8, 4) is 5.75 Å². The molecule has 0 aliphatic rings. The monoisotopic (exact) mass is 246 g/mol. The molecule has 0 N–H and O–H groups in total. The zero-order chi connectivity index (χ0) is 13.2. The zero-order valence-corrected chi connectivity index (χ0v) is 11.2. The van der Waals surface area contributed by atoms with Gasteiger partial charge in [0.15, 0.2) is 6.61 Å². The molecule has 0 atom stereocenters. The Hall–Kier alpha value is -1.91. The maximum absolute atomic E-state index is 5.78. The van der Waals surface area contributed by atoms with E-state index in [1.165, 1.54) is 10.4 Å². The largest absolute Gasteiger partial charge is 0.485 e. The summed E-state index contributed by atoms with van der Waals surface area (Å²) < 4.78 is 5.78. The Kier molecular flexibility index (Phi) is 3.32. The molecule has 1 aromatic heterocycles. The van der Waals surface area contributed by atoms with Crippen LogP contribution in [0.2, 0.25) is 0 Å². The van der Waals surface area contributed by atoms with Crippen LogP contribution in [-0.4, -0.2) is 20.2 Å². The van der Waals surface area contributed by atoms with Crippen molar-refractivity contribution in [2.45, 2.75) is 32.8 Å². The Morgan fingerprint density at radius 1 is 1.22 bits per heavy atom. The van der Waals surface area contributed by atoms with Crippen LogP contribution in [0.4, 0.5) is 0 Å². The number of aromatic nitrogens is 4. The maximum atomic E-state index is 5.78. The smallest absolute Gasteiger partial charge is 0.212 e. The predicted octanol–water partition coefficient (Wildman–Crippen LogP) is 2.09. The first-order valence-electron chi connectivity index (χ1n) is 5.92. The fourth-order valence-electron chi connectivity index (χ4n) is 1.74. The Bertz CT molecular complexity index is 528. The van der Waals surface area contributed by atoms with Crippen molar-refractivity contribution in [3.05, 3.63) is 35.7 Å². The van der Waals surface area contributed by atoms with E-state index in [0.717, 1.165) is 5.75 Å². The van der Waals surface area contributed by atoms with Crippen LogP contribution in [0, 0.1) is 0 Å². The molecule has 0 amide bonds. The van der Waals surface area contributed by atoms with Gasteiger partial charge in [0.1, 0.15) is 5.75 Å². The Morgan fingerprint density at radius 2 is 1.94 bits per heavy atom. The summed E-state index contributed by atoms with van der Waals surface area (Å²) in [6.07, 6.45) is 0. The second kappa shape index (κ2) is 4.76. The van der Waals surface area contributed by atoms with Gasteiger partial charge in [-0.25, -0.2) is 0 Å². The molecule has 0 fully saturated rings. The first kappa shape index (κ1) is 12.5. The molecule has 5 nitrogen and oxygen atoms in total. The van der Waals surface area contributed by atoms with Crippen molar-refractivity contribution in [3.63, 3.8) is 0 Å². The van der Waals surface area contributed by atoms with Crippen molar-refractivity contribution in [1.29, 1.82) is 0 Å². The predicted molar refractivity (Wildman–Crippen MR) is 68.3 cm³/mol. The number of para-hydroxylation sites is 1. The van der Waals surface area contributed by atoms with Gasteiger partial charge in [-0.2, -0.15) is 4.80 Å². The van der Waals surface area contributed by atoms with Gasteiger partial charge in [-0.3, -0.25) is 0 Å². The highest BCUT2D eigenvalue weighted by atomic mass is 16.5. The average Bonchev–Trinajstić information content (AvgIpc) is 2.72. The van der Waals surface area contributed by atoms with E-state index in [1.54, 1.807) is 7.05 Å². The minimum Gasteiger partial charge on any atom is -0.485 e. The number of benzene rings is 1. The summed E-state index contributed by atoms with van der Waals surface area (Å²) in [5, 5.41) is 11.8. The van der Waals surface area contributed by atoms with Gasteiger partial charge in [-0.1, -0.05) is 39.0 Å². The van der Waals surface area contributed by atoms with Crippen molar-refractivity contribution < 1.29 is 4.74 Å². The van der Waals surface area contributed by atoms with Gasteiger partial charge < -0.3 is 4.74 Å². The Balaban J connectivity index is 2.14. The minimum absolute atomic E-state index is 0.0480. The standard InChI is InChI=1S/C13H18N4O/c1-13(2,3)10-7-5-6-8-11(10)18-9-12-14-16-17(4)15-12/h5-8H,9H2,1-4H3. The summed E-state index contributed by atoms with van der Waals surface area (Å²) in [5.74, 6) is 1.46. The number of ether oxygens (including phenoxy) is 1. The lowest BCUT2D eigenvalue weighted by Crippen LogP contribution is -2.13. The third-order valence-corrected chi connectivity index (χ3v) is 2.60. The third kappa shape index (κ3) is 2.85. The van der Waals surface area contributed by atoms with Crippen LogP contribution in [0.3, 0.4) is 0 Å². The highest BCUT2D eigenvalue weighted by Gasteiger charge is 2.18. The summed E-state index contributed by atoms with van der Waals surface area (Å²) in [7, 11) is 1.74. The quantitative estimate of drug-likeness (QED) is 0.832. The summed E-state index contributed by atoms with van der Waals surface area (Å²) in [6.45, 7) is 6.82. The second-order valence-corrected chi connectivity index (χ2v) is 5.23. The lowest BCUT2D eigenvalue weighted by atomic mass is 9.86. The van der Waals surface area contributed by atoms with Gasteiger partial charge >= 0.3 is 0 Å². The van der Waals surface area contributed by atoms with Crippen molar-refractivity contribution >= 4 is 0 Å². The molecule has 0 spiro atoms. The SMILES string of the molecule is Cn1nnc(COc2ccccc2C(C)(C)C)n1. The molecule has 18 heavy (non-hydrogen) atoms.